The summed E-state index contributed by atoms with van der Waals surface area (Å²) >= 11 is 0. The fourth-order valence-corrected chi connectivity index (χ4v) is 2.07. The molecule has 1 fully saturated rings. The zero-order valence-electron chi connectivity index (χ0n) is 8.84. The number of carbonyl (C=O) groups is 1. The van der Waals surface area contributed by atoms with Crippen LogP contribution in [-0.4, -0.2) is 28.9 Å². The molecule has 2 N–H and O–H groups in total. The molecule has 1 amide bonds. The van der Waals surface area contributed by atoms with Gasteiger partial charge in [-0.3, -0.25) is 4.79 Å². The van der Waals surface area contributed by atoms with E-state index in [1.165, 1.54) is 0 Å². The normalized spacial score (nSPS) is 24.2. The van der Waals surface area contributed by atoms with E-state index in [-0.39, 0.29) is 17.5 Å². The Morgan fingerprint density at radius 1 is 1.62 bits per heavy atom. The molecule has 13 heavy (non-hydrogen) atoms. The minimum absolute atomic E-state index is 0.0139. The fraction of sp³-hybridized carbons (Fsp3) is 0.900. The average Bonchev–Trinajstić information content (AvgIpc) is 2.30. The van der Waals surface area contributed by atoms with Crippen LogP contribution in [0, 0.1) is 0 Å². The SMILES string of the molecule is CCCC(C)(C)N1CC(N)CC1=O. The van der Waals surface area contributed by atoms with Crippen LogP contribution in [0.1, 0.15) is 40.0 Å². The number of hydrogen-bond acceptors (Lipinski definition) is 2. The van der Waals surface area contributed by atoms with Gasteiger partial charge in [-0.05, 0) is 20.3 Å². The van der Waals surface area contributed by atoms with Gasteiger partial charge in [0, 0.05) is 24.5 Å². The van der Waals surface area contributed by atoms with Crippen molar-refractivity contribution in [3.8, 4) is 0 Å². The molecular weight excluding hydrogens is 164 g/mol. The molecule has 1 aliphatic rings. The highest BCUT2D eigenvalue weighted by Gasteiger charge is 2.36. The van der Waals surface area contributed by atoms with Gasteiger partial charge in [-0.1, -0.05) is 13.3 Å². The number of carbonyl (C=O) groups excluding carboxylic acids is 1. The van der Waals surface area contributed by atoms with Gasteiger partial charge < -0.3 is 10.6 Å². The molecule has 1 atom stereocenters. The van der Waals surface area contributed by atoms with Gasteiger partial charge in [0.1, 0.15) is 0 Å². The molecule has 1 unspecified atom stereocenters. The van der Waals surface area contributed by atoms with E-state index in [0.717, 1.165) is 19.4 Å². The lowest BCUT2D eigenvalue weighted by Crippen LogP contribution is -2.45. The first-order chi connectivity index (χ1) is 5.97. The van der Waals surface area contributed by atoms with Crippen molar-refractivity contribution < 1.29 is 4.79 Å². The summed E-state index contributed by atoms with van der Waals surface area (Å²) in [6.07, 6.45) is 2.67. The van der Waals surface area contributed by atoms with Crippen LogP contribution in [0.3, 0.4) is 0 Å². The molecule has 3 heteroatoms. The lowest BCUT2D eigenvalue weighted by atomic mass is 9.97. The van der Waals surface area contributed by atoms with Gasteiger partial charge in [-0.25, -0.2) is 0 Å². The molecule has 0 aromatic carbocycles. The van der Waals surface area contributed by atoms with Crippen LogP contribution in [-0.2, 0) is 4.79 Å². The van der Waals surface area contributed by atoms with Gasteiger partial charge in [0.25, 0.3) is 0 Å². The second kappa shape index (κ2) is 3.66. The number of likely N-dealkylation sites (tertiary alicyclic amines) is 1. The first-order valence-electron chi connectivity index (χ1n) is 5.03. The molecule has 0 bridgehead atoms. The Labute approximate surface area is 80.3 Å². The van der Waals surface area contributed by atoms with Crippen molar-refractivity contribution in [2.75, 3.05) is 6.54 Å². The van der Waals surface area contributed by atoms with E-state index in [1.54, 1.807) is 0 Å². The number of hydrogen-bond donors (Lipinski definition) is 1. The van der Waals surface area contributed by atoms with Crippen LogP contribution in [0.5, 0.6) is 0 Å². The molecular formula is C10H20N2O. The van der Waals surface area contributed by atoms with Crippen molar-refractivity contribution >= 4 is 5.91 Å². The number of amides is 1. The number of rotatable bonds is 3. The molecule has 1 saturated heterocycles. The first-order valence-corrected chi connectivity index (χ1v) is 5.03. The lowest BCUT2D eigenvalue weighted by molar-refractivity contribution is -0.132. The highest BCUT2D eigenvalue weighted by Crippen LogP contribution is 2.25. The summed E-state index contributed by atoms with van der Waals surface area (Å²) in [5.41, 5.74) is 5.73. The maximum absolute atomic E-state index is 11.6. The van der Waals surface area contributed by atoms with Crippen LogP contribution in [0.25, 0.3) is 0 Å². The Hall–Kier alpha value is -0.570. The predicted molar refractivity (Wildman–Crippen MR) is 53.3 cm³/mol. The third kappa shape index (κ3) is 2.21. The molecule has 0 spiro atoms. The van der Waals surface area contributed by atoms with Gasteiger partial charge in [0.05, 0.1) is 0 Å². The summed E-state index contributed by atoms with van der Waals surface area (Å²) in [5, 5.41) is 0. The summed E-state index contributed by atoms with van der Waals surface area (Å²) in [4.78, 5) is 13.5. The zero-order chi connectivity index (χ0) is 10.1. The van der Waals surface area contributed by atoms with Crippen molar-refractivity contribution in [1.82, 2.24) is 4.90 Å². The standard InChI is InChI=1S/C10H20N2O/c1-4-5-10(2,3)12-7-8(11)6-9(12)13/h8H,4-7,11H2,1-3H3. The minimum Gasteiger partial charge on any atom is -0.336 e. The summed E-state index contributed by atoms with van der Waals surface area (Å²) in [6, 6.07) is 0.0450. The van der Waals surface area contributed by atoms with Gasteiger partial charge in [0.2, 0.25) is 5.91 Å². The van der Waals surface area contributed by atoms with E-state index >= 15 is 0 Å². The van der Waals surface area contributed by atoms with Crippen LogP contribution in [0.2, 0.25) is 0 Å². The molecule has 0 aromatic rings. The second-order valence-electron chi connectivity index (χ2n) is 4.53. The topological polar surface area (TPSA) is 46.3 Å². The van der Waals surface area contributed by atoms with E-state index in [9.17, 15) is 4.79 Å². The smallest absolute Gasteiger partial charge is 0.224 e. The van der Waals surface area contributed by atoms with Crippen LogP contribution in [0.4, 0.5) is 0 Å². The Balaban J connectivity index is 2.65. The van der Waals surface area contributed by atoms with Gasteiger partial charge in [-0.15, -0.1) is 0 Å². The monoisotopic (exact) mass is 184 g/mol. The van der Waals surface area contributed by atoms with Crippen molar-refractivity contribution in [3.63, 3.8) is 0 Å². The maximum atomic E-state index is 11.6. The van der Waals surface area contributed by atoms with Crippen molar-refractivity contribution in [2.45, 2.75) is 51.6 Å². The highest BCUT2D eigenvalue weighted by molar-refractivity contribution is 5.80. The van der Waals surface area contributed by atoms with E-state index in [0.29, 0.717) is 6.42 Å². The third-order valence-corrected chi connectivity index (χ3v) is 2.75. The molecule has 1 rings (SSSR count). The fourth-order valence-electron chi connectivity index (χ4n) is 2.07. The predicted octanol–water partition coefficient (Wildman–Crippen LogP) is 1.12. The van der Waals surface area contributed by atoms with Crippen LogP contribution >= 0.6 is 0 Å². The molecule has 0 aliphatic carbocycles. The van der Waals surface area contributed by atoms with Gasteiger partial charge in [0.15, 0.2) is 0 Å². The summed E-state index contributed by atoms with van der Waals surface area (Å²) in [6.45, 7) is 7.10. The molecule has 0 saturated carbocycles. The number of nitrogens with two attached hydrogens (primary N) is 1. The Morgan fingerprint density at radius 3 is 2.62 bits per heavy atom. The molecule has 0 aromatic heterocycles. The Morgan fingerprint density at radius 2 is 2.23 bits per heavy atom. The summed E-state index contributed by atoms with van der Waals surface area (Å²) < 4.78 is 0. The van der Waals surface area contributed by atoms with Crippen LogP contribution in [0.15, 0.2) is 0 Å². The lowest BCUT2D eigenvalue weighted by Gasteiger charge is -2.35. The largest absolute Gasteiger partial charge is 0.336 e. The minimum atomic E-state index is -0.0139. The number of nitrogens with zero attached hydrogens (tertiary/aromatic N) is 1. The highest BCUT2D eigenvalue weighted by atomic mass is 16.2. The quantitative estimate of drug-likeness (QED) is 0.714. The third-order valence-electron chi connectivity index (χ3n) is 2.75. The zero-order valence-corrected chi connectivity index (χ0v) is 8.84. The molecule has 1 aliphatic heterocycles. The van der Waals surface area contributed by atoms with Crippen molar-refractivity contribution in [2.24, 2.45) is 5.73 Å². The second-order valence-corrected chi connectivity index (χ2v) is 4.53. The van der Waals surface area contributed by atoms with E-state index in [2.05, 4.69) is 20.8 Å². The Bertz CT molecular complexity index is 201. The Kier molecular flexibility index (Phi) is 2.96. The van der Waals surface area contributed by atoms with E-state index < -0.39 is 0 Å². The summed E-state index contributed by atoms with van der Waals surface area (Å²) in [5.74, 6) is 0.214. The van der Waals surface area contributed by atoms with Gasteiger partial charge in [-0.2, -0.15) is 0 Å². The average molecular weight is 184 g/mol. The van der Waals surface area contributed by atoms with Crippen molar-refractivity contribution in [3.05, 3.63) is 0 Å². The molecule has 1 heterocycles. The van der Waals surface area contributed by atoms with Gasteiger partial charge >= 0.3 is 0 Å². The summed E-state index contributed by atoms with van der Waals surface area (Å²) in [7, 11) is 0. The van der Waals surface area contributed by atoms with Crippen LogP contribution < -0.4 is 5.73 Å². The first kappa shape index (κ1) is 10.5. The molecule has 3 nitrogen and oxygen atoms in total. The molecule has 76 valence electrons. The maximum Gasteiger partial charge on any atom is 0.224 e. The molecule has 0 radical (unpaired) electrons. The van der Waals surface area contributed by atoms with E-state index in [1.807, 2.05) is 4.90 Å². The van der Waals surface area contributed by atoms with Crippen molar-refractivity contribution in [1.29, 1.82) is 0 Å². The van der Waals surface area contributed by atoms with E-state index in [4.69, 9.17) is 5.73 Å².